The number of carboxylic acids is 1. The lowest BCUT2D eigenvalue weighted by Gasteiger charge is -2.16. The Bertz CT molecular complexity index is 1820. The molecule has 2 aromatic carbocycles. The fourth-order valence-electron chi connectivity index (χ4n) is 4.96. The van der Waals surface area contributed by atoms with Crippen molar-refractivity contribution in [2.75, 3.05) is 24.6 Å². The van der Waals surface area contributed by atoms with Gasteiger partial charge in [0, 0.05) is 37.0 Å². The summed E-state index contributed by atoms with van der Waals surface area (Å²) >= 11 is 0. The second kappa shape index (κ2) is 14.2. The fraction of sp³-hybridized carbons (Fsp3) is 0.310. The number of nitrogen functional groups attached to an aromatic ring is 2. The van der Waals surface area contributed by atoms with Crippen LogP contribution in [0.1, 0.15) is 24.0 Å². The van der Waals surface area contributed by atoms with Crippen molar-refractivity contribution in [1.29, 1.82) is 0 Å². The highest BCUT2D eigenvalue weighted by molar-refractivity contribution is 6.01. The van der Waals surface area contributed by atoms with Gasteiger partial charge in [-0.25, -0.2) is 24.7 Å². The number of nitrogens with two attached hydrogens (primary N) is 4. The molecule has 15 nitrogen and oxygen atoms in total. The number of amides is 3. The van der Waals surface area contributed by atoms with E-state index in [1.165, 1.54) is 12.7 Å². The number of carboxylic acid groups (broad SMARTS) is 1. The van der Waals surface area contributed by atoms with Crippen molar-refractivity contribution in [2.45, 2.75) is 38.1 Å². The first-order valence-electron chi connectivity index (χ1n) is 14.1. The number of primary amides is 1. The summed E-state index contributed by atoms with van der Waals surface area (Å²) in [5.41, 5.74) is 26.0. The third kappa shape index (κ3) is 8.34. The van der Waals surface area contributed by atoms with Crippen LogP contribution >= 0.6 is 0 Å². The maximum absolute atomic E-state index is 12.0. The van der Waals surface area contributed by atoms with E-state index in [0.717, 1.165) is 39.4 Å². The summed E-state index contributed by atoms with van der Waals surface area (Å²) in [5, 5.41) is 8.74. The Labute approximate surface area is 264 Å². The number of nitrogens with zero attached hydrogens (tertiary/aromatic N) is 6. The highest BCUT2D eigenvalue weighted by atomic mass is 19.4. The number of carbonyl (C=O) groups excluding carboxylic acids is 3. The molecule has 4 heterocycles. The number of anilines is 2. The van der Waals surface area contributed by atoms with Crippen LogP contribution in [0.25, 0.3) is 21.8 Å². The summed E-state index contributed by atoms with van der Waals surface area (Å²) < 4.78 is 31.7. The van der Waals surface area contributed by atoms with Crippen LogP contribution in [0.2, 0.25) is 0 Å². The predicted octanol–water partition coefficient (Wildman–Crippen LogP) is 0.951. The molecule has 2 atom stereocenters. The molecule has 0 radical (unpaired) electrons. The molecule has 4 aromatic rings. The molecule has 3 amide bonds. The lowest BCUT2D eigenvalue weighted by atomic mass is 10.1. The van der Waals surface area contributed by atoms with Crippen molar-refractivity contribution in [1.82, 2.24) is 29.7 Å². The largest absolute Gasteiger partial charge is 0.490 e. The van der Waals surface area contributed by atoms with Crippen molar-refractivity contribution >= 4 is 57.1 Å². The number of likely N-dealkylation sites (tertiary alicyclic amines) is 2. The van der Waals surface area contributed by atoms with Gasteiger partial charge in [-0.1, -0.05) is 12.1 Å². The molecule has 2 aliphatic heterocycles. The topological polar surface area (TPSA) is 251 Å². The second-order valence-electron chi connectivity index (χ2n) is 10.7. The van der Waals surface area contributed by atoms with Crippen molar-refractivity contribution in [3.05, 3.63) is 60.2 Å². The van der Waals surface area contributed by atoms with Crippen LogP contribution in [0.4, 0.5) is 24.8 Å². The van der Waals surface area contributed by atoms with Crippen molar-refractivity contribution in [3.8, 4) is 0 Å². The zero-order valence-corrected chi connectivity index (χ0v) is 24.7. The number of carbonyl (C=O) groups is 4. The van der Waals surface area contributed by atoms with Crippen molar-refractivity contribution in [3.63, 3.8) is 0 Å². The first kappa shape index (κ1) is 34.2. The summed E-state index contributed by atoms with van der Waals surface area (Å²) in [4.78, 5) is 63.6. The number of benzene rings is 2. The Balaban J connectivity index is 0.000000178. The van der Waals surface area contributed by atoms with Crippen LogP contribution in [0, 0.1) is 5.92 Å². The van der Waals surface area contributed by atoms with Gasteiger partial charge < -0.3 is 37.8 Å². The Morgan fingerprint density at radius 1 is 0.809 bits per heavy atom. The van der Waals surface area contributed by atoms with Crippen LogP contribution in [-0.2, 0) is 32.3 Å². The molecule has 9 N–H and O–H groups in total. The molecule has 0 bridgehead atoms. The maximum Gasteiger partial charge on any atom is 0.490 e. The molecule has 47 heavy (non-hydrogen) atoms. The Kier molecular flexibility index (Phi) is 10.3. The minimum Gasteiger partial charge on any atom is -0.475 e. The molecule has 0 unspecified atom stereocenters. The van der Waals surface area contributed by atoms with Gasteiger partial charge in [0.1, 0.15) is 30.2 Å². The highest BCUT2D eigenvalue weighted by Gasteiger charge is 2.38. The lowest BCUT2D eigenvalue weighted by Crippen LogP contribution is -2.33. The van der Waals surface area contributed by atoms with E-state index < -0.39 is 24.0 Å². The molecule has 6 rings (SSSR count). The third-order valence-corrected chi connectivity index (χ3v) is 7.43. The molecule has 0 aliphatic carbocycles. The van der Waals surface area contributed by atoms with Crippen molar-refractivity contribution < 1.29 is 37.5 Å². The summed E-state index contributed by atoms with van der Waals surface area (Å²) in [7, 11) is 0. The Morgan fingerprint density at radius 2 is 1.26 bits per heavy atom. The normalized spacial score (nSPS) is 17.7. The van der Waals surface area contributed by atoms with Gasteiger partial charge in [-0.15, -0.1) is 0 Å². The number of aliphatic carboxylic acids is 1. The van der Waals surface area contributed by atoms with E-state index >= 15 is 0 Å². The van der Waals surface area contributed by atoms with Gasteiger partial charge in [0.25, 0.3) is 0 Å². The number of fused-ring (bicyclic) bond motifs is 2. The van der Waals surface area contributed by atoms with Gasteiger partial charge in [-0.05, 0) is 48.2 Å². The molecule has 2 fully saturated rings. The van der Waals surface area contributed by atoms with E-state index in [-0.39, 0.29) is 17.9 Å². The summed E-state index contributed by atoms with van der Waals surface area (Å²) in [6, 6.07) is 11.0. The SMILES string of the molecule is NC(=O)[C@@H]1CCN(Cc2ccc3c(N)ncnc3c2)C1=O.Nc1ncnc2cc(CN3CC[C@H](N)C3=O)ccc12.O=C(O)C(F)(F)F. The molecule has 0 spiro atoms. The number of aromatic nitrogens is 4. The zero-order chi connectivity index (χ0) is 34.5. The predicted molar refractivity (Wildman–Crippen MR) is 162 cm³/mol. The third-order valence-electron chi connectivity index (χ3n) is 7.43. The van der Waals surface area contributed by atoms with Crippen LogP contribution in [0.3, 0.4) is 0 Å². The number of halogens is 3. The van der Waals surface area contributed by atoms with E-state index in [2.05, 4.69) is 19.9 Å². The maximum atomic E-state index is 12.0. The zero-order valence-electron chi connectivity index (χ0n) is 24.7. The monoisotopic (exact) mass is 656 g/mol. The first-order valence-corrected chi connectivity index (χ1v) is 14.1. The molecule has 2 aromatic heterocycles. The van der Waals surface area contributed by atoms with Crippen LogP contribution in [-0.4, -0.2) is 83.8 Å². The molecule has 2 saturated heterocycles. The molecular formula is C29H31F3N10O5. The molecular weight excluding hydrogens is 625 g/mol. The molecule has 2 aliphatic rings. The fourth-order valence-corrected chi connectivity index (χ4v) is 4.96. The van der Waals surface area contributed by atoms with Gasteiger partial charge in [0.2, 0.25) is 17.7 Å². The van der Waals surface area contributed by atoms with Gasteiger partial charge in [0.15, 0.2) is 0 Å². The van der Waals surface area contributed by atoms with Gasteiger partial charge in [-0.2, -0.15) is 13.2 Å². The number of rotatable bonds is 5. The van der Waals surface area contributed by atoms with Crippen LogP contribution < -0.4 is 22.9 Å². The van der Waals surface area contributed by atoms with Gasteiger partial charge in [-0.3, -0.25) is 14.4 Å². The number of hydrogen-bond donors (Lipinski definition) is 5. The molecule has 18 heteroatoms. The minimum atomic E-state index is -5.08. The smallest absolute Gasteiger partial charge is 0.475 e. The average molecular weight is 657 g/mol. The number of alkyl halides is 3. The van der Waals surface area contributed by atoms with E-state index in [0.29, 0.717) is 44.2 Å². The summed E-state index contributed by atoms with van der Waals surface area (Å²) in [6.07, 6.45) is -1.03. The van der Waals surface area contributed by atoms with Gasteiger partial charge in [0.05, 0.1) is 17.1 Å². The first-order chi connectivity index (χ1) is 22.1. The van der Waals surface area contributed by atoms with Crippen molar-refractivity contribution in [2.24, 2.45) is 17.4 Å². The van der Waals surface area contributed by atoms with E-state index in [1.807, 2.05) is 36.4 Å². The van der Waals surface area contributed by atoms with Gasteiger partial charge >= 0.3 is 12.1 Å². The minimum absolute atomic E-state index is 0.0160. The highest BCUT2D eigenvalue weighted by Crippen LogP contribution is 2.23. The quantitative estimate of drug-likeness (QED) is 0.188. The van der Waals surface area contributed by atoms with E-state index in [1.54, 1.807) is 9.80 Å². The molecule has 248 valence electrons. The van der Waals surface area contributed by atoms with Crippen LogP contribution in [0.15, 0.2) is 49.1 Å². The van der Waals surface area contributed by atoms with Crippen LogP contribution in [0.5, 0.6) is 0 Å². The Morgan fingerprint density at radius 3 is 1.64 bits per heavy atom. The standard InChI is InChI=1S/C14H15N5O2.C13H15N5O.C2HF3O2/c15-12-9-2-1-8(5-11(9)17-7-18-12)6-19-4-3-10(13(16)20)14(19)21;14-10-3-4-18(13(10)19)6-8-1-2-9-11(5-8)16-7-17-12(9)15;3-2(4,5)1(6)7/h1-2,5,7,10H,3-4,6H2,(H2,16,20)(H2,15,17,18);1-2,5,7,10H,3-4,6,14H2,(H2,15,16,17);(H,6,7)/t2*10-;/m00./s1. The second-order valence-corrected chi connectivity index (χ2v) is 10.7. The Hall–Kier alpha value is -5.65. The summed E-state index contributed by atoms with van der Waals surface area (Å²) in [5.74, 6) is -3.29. The van der Waals surface area contributed by atoms with E-state index in [9.17, 15) is 27.6 Å². The summed E-state index contributed by atoms with van der Waals surface area (Å²) in [6.45, 7) is 2.25. The average Bonchev–Trinajstić information content (AvgIpc) is 3.54. The van der Waals surface area contributed by atoms with E-state index in [4.69, 9.17) is 32.8 Å². The number of hydrogen-bond acceptors (Lipinski definition) is 11. The lowest BCUT2D eigenvalue weighted by molar-refractivity contribution is -0.192. The molecule has 0 saturated carbocycles.